The van der Waals surface area contributed by atoms with E-state index in [-0.39, 0.29) is 10.8 Å². The van der Waals surface area contributed by atoms with Gasteiger partial charge in [-0.05, 0) is 54.2 Å². The van der Waals surface area contributed by atoms with Crippen molar-refractivity contribution in [1.29, 1.82) is 0 Å². The van der Waals surface area contributed by atoms with Gasteiger partial charge in [-0.25, -0.2) is 17.9 Å². The largest absolute Gasteiger partial charge is 0.366 e. The van der Waals surface area contributed by atoms with Gasteiger partial charge in [-0.3, -0.25) is 0 Å². The highest BCUT2D eigenvalue weighted by molar-refractivity contribution is 7.90. The van der Waals surface area contributed by atoms with Gasteiger partial charge in [0, 0.05) is 24.4 Å². The van der Waals surface area contributed by atoms with Gasteiger partial charge in [-0.1, -0.05) is 44.9 Å². The van der Waals surface area contributed by atoms with Crippen molar-refractivity contribution < 1.29 is 13.2 Å². The number of benzene rings is 1. The monoisotopic (exact) mass is 484 g/mol. The number of aryl methyl sites for hydroxylation is 1. The molecule has 0 aliphatic rings. The zero-order valence-electron chi connectivity index (χ0n) is 18.4. The quantitative estimate of drug-likeness (QED) is 0.334. The molecule has 2 amide bonds. The van der Waals surface area contributed by atoms with Gasteiger partial charge in [0.05, 0.1) is 4.90 Å². The fourth-order valence-electron chi connectivity index (χ4n) is 2.73. The predicted octanol–water partition coefficient (Wildman–Crippen LogP) is 3.84. The van der Waals surface area contributed by atoms with Gasteiger partial charge in [0.1, 0.15) is 0 Å². The zero-order valence-corrected chi connectivity index (χ0v) is 20.8. The summed E-state index contributed by atoms with van der Waals surface area (Å²) in [5.74, 6) is 0.0770. The second-order valence-corrected chi connectivity index (χ2v) is 9.98. The number of unbranched alkanes of at least 4 members (excludes halogenated alkanes) is 2. The van der Waals surface area contributed by atoms with Gasteiger partial charge in [0.25, 0.3) is 10.0 Å². The summed E-state index contributed by atoms with van der Waals surface area (Å²) in [6.07, 6.45) is 3.74. The zero-order chi connectivity index (χ0) is 23.4. The molecule has 172 valence electrons. The third-order valence-electron chi connectivity index (χ3n) is 4.50. The molecule has 10 heteroatoms. The van der Waals surface area contributed by atoms with Crippen LogP contribution in [0.2, 0.25) is 0 Å². The highest BCUT2D eigenvalue weighted by Gasteiger charge is 2.20. The topological polar surface area (TPSA) is 113 Å². The summed E-state index contributed by atoms with van der Waals surface area (Å²) < 4.78 is 26.0. The molecule has 2 aromatic rings. The number of nitrogens with two attached hydrogens (primary N) is 1. The summed E-state index contributed by atoms with van der Waals surface area (Å²) in [6.45, 7) is 6.87. The van der Waals surface area contributed by atoms with Crippen LogP contribution in [0, 0.1) is 6.92 Å². The van der Waals surface area contributed by atoms with Crippen molar-refractivity contribution in [2.75, 3.05) is 13.6 Å². The highest BCUT2D eigenvalue weighted by Crippen LogP contribution is 2.30. The number of rotatable bonds is 8. The molecule has 0 aliphatic heterocycles. The summed E-state index contributed by atoms with van der Waals surface area (Å²) in [4.78, 5) is 12.1. The first-order chi connectivity index (χ1) is 14.6. The number of sulfonamides is 1. The minimum Gasteiger partial charge on any atom is -0.366 e. The van der Waals surface area contributed by atoms with Crippen molar-refractivity contribution in [1.82, 2.24) is 15.4 Å². The number of carbonyl (C=O) groups excluding carboxylic acids is 1. The Balaban J connectivity index is 0.000000407. The number of hydrogen-bond donors (Lipinski definition) is 4. The summed E-state index contributed by atoms with van der Waals surface area (Å²) in [6, 6.07) is 8.08. The van der Waals surface area contributed by atoms with E-state index in [1.165, 1.54) is 19.3 Å². The number of thiophene rings is 1. The van der Waals surface area contributed by atoms with Crippen LogP contribution in [0.1, 0.15) is 55.0 Å². The molecule has 0 saturated carbocycles. The minimum absolute atomic E-state index is 0.0715. The predicted molar refractivity (Wildman–Crippen MR) is 132 cm³/mol. The maximum Gasteiger partial charge on any atom is 0.326 e. The Hall–Kier alpha value is -2.17. The van der Waals surface area contributed by atoms with E-state index in [0.717, 1.165) is 22.1 Å². The van der Waals surface area contributed by atoms with E-state index in [9.17, 15) is 13.2 Å². The van der Waals surface area contributed by atoms with Crippen LogP contribution in [0.25, 0.3) is 0 Å². The fraction of sp³-hybridized carbons (Fsp3) is 0.429. The second kappa shape index (κ2) is 13.3. The standard InChI is InChI=1S/C14H16N2O3S2.C7H16N2S/c1-9-5-6-11(10(2)12-4-3-7-20-12)8-13(9)21(18,19)16-14(15)17;1-3-4-5-6-9-7(10)8-2/h3-8,10H,1-2H3,(H3,15,16,17);3-6H2,1-2H3,(H2,8,9,10). The molecule has 1 aromatic heterocycles. The van der Waals surface area contributed by atoms with Crippen molar-refractivity contribution in [2.24, 2.45) is 5.73 Å². The molecule has 5 N–H and O–H groups in total. The summed E-state index contributed by atoms with van der Waals surface area (Å²) in [5.41, 5.74) is 6.34. The molecular weight excluding hydrogens is 452 g/mol. The molecule has 1 unspecified atom stereocenters. The number of hydrogen-bond acceptors (Lipinski definition) is 5. The first-order valence-electron chi connectivity index (χ1n) is 10.0. The van der Waals surface area contributed by atoms with Gasteiger partial charge in [-0.2, -0.15) is 0 Å². The SMILES string of the molecule is CCCCCNC(=S)NC.Cc1ccc(C(C)c2cccs2)cc1S(=O)(=O)NC(N)=O. The molecule has 2 rings (SSSR count). The van der Waals surface area contributed by atoms with Crippen LogP contribution in [0.3, 0.4) is 0 Å². The lowest BCUT2D eigenvalue weighted by atomic mass is 9.98. The average molecular weight is 485 g/mol. The molecule has 1 aromatic carbocycles. The van der Waals surface area contributed by atoms with Crippen LogP contribution in [0.4, 0.5) is 4.79 Å². The Kier molecular flexibility index (Phi) is 11.5. The molecule has 1 heterocycles. The molecule has 0 radical (unpaired) electrons. The number of thiocarbonyl (C=S) groups is 1. The number of carbonyl (C=O) groups is 1. The summed E-state index contributed by atoms with van der Waals surface area (Å²) >= 11 is 6.50. The van der Waals surface area contributed by atoms with Gasteiger partial charge in [0.2, 0.25) is 0 Å². The fourth-order valence-corrected chi connectivity index (χ4v) is 4.80. The van der Waals surface area contributed by atoms with E-state index >= 15 is 0 Å². The van der Waals surface area contributed by atoms with Crippen LogP contribution >= 0.6 is 23.6 Å². The molecule has 0 saturated heterocycles. The number of amides is 2. The maximum absolute atomic E-state index is 12.1. The van der Waals surface area contributed by atoms with Crippen LogP contribution in [-0.2, 0) is 10.0 Å². The molecule has 7 nitrogen and oxygen atoms in total. The minimum atomic E-state index is -3.94. The molecule has 1 atom stereocenters. The van der Waals surface area contributed by atoms with Crippen molar-refractivity contribution >= 4 is 44.7 Å². The molecular formula is C21H32N4O3S3. The van der Waals surface area contributed by atoms with E-state index in [2.05, 4.69) is 17.6 Å². The number of urea groups is 1. The summed E-state index contributed by atoms with van der Waals surface area (Å²) in [5, 5.41) is 8.67. The van der Waals surface area contributed by atoms with Crippen LogP contribution < -0.4 is 21.1 Å². The number of nitrogens with one attached hydrogen (secondary N) is 3. The van der Waals surface area contributed by atoms with E-state index in [1.54, 1.807) is 35.1 Å². The normalized spacial score (nSPS) is 11.6. The molecule has 31 heavy (non-hydrogen) atoms. The van der Waals surface area contributed by atoms with Crippen molar-refractivity contribution in [2.45, 2.75) is 50.8 Å². The van der Waals surface area contributed by atoms with Crippen molar-refractivity contribution in [3.63, 3.8) is 0 Å². The van der Waals surface area contributed by atoms with Gasteiger partial charge < -0.3 is 16.4 Å². The maximum atomic E-state index is 12.1. The molecule has 0 bridgehead atoms. The first-order valence-corrected chi connectivity index (χ1v) is 12.8. The Morgan fingerprint density at radius 2 is 1.97 bits per heavy atom. The second-order valence-electron chi connectivity index (χ2n) is 6.94. The van der Waals surface area contributed by atoms with Gasteiger partial charge in [0.15, 0.2) is 5.11 Å². The van der Waals surface area contributed by atoms with Crippen molar-refractivity contribution in [3.05, 3.63) is 51.7 Å². The Labute approximate surface area is 194 Å². The summed E-state index contributed by atoms with van der Waals surface area (Å²) in [7, 11) is -2.11. The third-order valence-corrected chi connectivity index (χ3v) is 7.39. The average Bonchev–Trinajstić information content (AvgIpc) is 3.25. The van der Waals surface area contributed by atoms with Gasteiger partial charge in [-0.15, -0.1) is 11.3 Å². The van der Waals surface area contributed by atoms with Crippen molar-refractivity contribution in [3.8, 4) is 0 Å². The first kappa shape index (κ1) is 26.9. The van der Waals surface area contributed by atoms with Crippen LogP contribution in [-0.4, -0.2) is 33.2 Å². The number of primary amides is 1. The lowest BCUT2D eigenvalue weighted by Crippen LogP contribution is -2.35. The third kappa shape index (κ3) is 9.24. The van der Waals surface area contributed by atoms with E-state index in [1.807, 2.05) is 37.6 Å². The van der Waals surface area contributed by atoms with E-state index in [0.29, 0.717) is 5.56 Å². The molecule has 0 aliphatic carbocycles. The van der Waals surface area contributed by atoms with E-state index < -0.39 is 16.1 Å². The molecule has 0 spiro atoms. The Morgan fingerprint density at radius 3 is 2.52 bits per heavy atom. The Morgan fingerprint density at radius 1 is 1.26 bits per heavy atom. The smallest absolute Gasteiger partial charge is 0.326 e. The lowest BCUT2D eigenvalue weighted by Gasteiger charge is -2.14. The highest BCUT2D eigenvalue weighted by atomic mass is 32.2. The lowest BCUT2D eigenvalue weighted by molar-refractivity contribution is 0.253. The van der Waals surface area contributed by atoms with E-state index in [4.69, 9.17) is 18.0 Å². The van der Waals surface area contributed by atoms with Gasteiger partial charge >= 0.3 is 6.03 Å². The molecule has 0 fully saturated rings. The van der Waals surface area contributed by atoms with Crippen LogP contribution in [0.15, 0.2) is 40.6 Å². The van der Waals surface area contributed by atoms with Crippen LogP contribution in [0.5, 0.6) is 0 Å². The Bertz CT molecular complexity index is 945.